The van der Waals surface area contributed by atoms with Gasteiger partial charge in [-0.05, 0) is 198 Å². The van der Waals surface area contributed by atoms with Gasteiger partial charge in [-0.2, -0.15) is 0 Å². The third-order valence-corrected chi connectivity index (χ3v) is 16.8. The third-order valence-electron chi connectivity index (χ3n) is 16.8. The molecular formula is C65H116O14. The van der Waals surface area contributed by atoms with Gasteiger partial charge in [0.15, 0.2) is 6.61 Å². The van der Waals surface area contributed by atoms with Crippen LogP contribution in [0.1, 0.15) is 266 Å². The third kappa shape index (κ3) is 30.6. The fourth-order valence-corrected chi connectivity index (χ4v) is 12.2. The molecule has 14 nitrogen and oxygen atoms in total. The van der Waals surface area contributed by atoms with Crippen LogP contribution in [0.5, 0.6) is 0 Å². The molecule has 0 aromatic heterocycles. The van der Waals surface area contributed by atoms with Crippen molar-refractivity contribution in [3.8, 4) is 0 Å². The van der Waals surface area contributed by atoms with Crippen LogP contribution in [0, 0.1) is 51.2 Å². The van der Waals surface area contributed by atoms with E-state index in [0.717, 1.165) is 38.5 Å². The van der Waals surface area contributed by atoms with E-state index in [1.165, 1.54) is 77.0 Å². The number of esters is 6. The Morgan fingerprint density at radius 2 is 0.772 bits per heavy atom. The van der Waals surface area contributed by atoms with Crippen molar-refractivity contribution in [3.05, 3.63) is 0 Å². The van der Waals surface area contributed by atoms with Crippen molar-refractivity contribution < 1.29 is 66.7 Å². The van der Waals surface area contributed by atoms with Gasteiger partial charge >= 0.3 is 35.8 Å². The maximum absolute atomic E-state index is 11.6. The molecule has 5 saturated carbocycles. The van der Waals surface area contributed by atoms with Crippen LogP contribution >= 0.6 is 0 Å². The molecule has 0 aromatic carbocycles. The molecule has 8 unspecified atom stereocenters. The smallest absolute Gasteiger partial charge is 0.344 e. The van der Waals surface area contributed by atoms with E-state index in [2.05, 4.69) is 69.2 Å². The van der Waals surface area contributed by atoms with Crippen LogP contribution < -0.4 is 0 Å². The van der Waals surface area contributed by atoms with E-state index in [4.69, 9.17) is 37.9 Å². The highest BCUT2D eigenvalue weighted by molar-refractivity contribution is 5.91. The molecule has 5 aliphatic rings. The lowest BCUT2D eigenvalue weighted by atomic mass is 9.70. The Morgan fingerprint density at radius 3 is 1.11 bits per heavy atom. The van der Waals surface area contributed by atoms with Crippen molar-refractivity contribution in [1.29, 1.82) is 0 Å². The summed E-state index contributed by atoms with van der Waals surface area (Å²) in [5.41, 5.74) is 0.711. The zero-order chi connectivity index (χ0) is 60.0. The second-order valence-corrected chi connectivity index (χ2v) is 28.5. The molecule has 0 N–H and O–H groups in total. The topological polar surface area (TPSA) is 176 Å². The molecule has 8 atom stereocenters. The highest BCUT2D eigenvalue weighted by atomic mass is 16.6. The van der Waals surface area contributed by atoms with Gasteiger partial charge in [0.05, 0.1) is 35.9 Å². The zero-order valence-corrected chi connectivity index (χ0v) is 53.6. The van der Waals surface area contributed by atoms with Crippen LogP contribution in [-0.4, -0.2) is 97.9 Å². The van der Waals surface area contributed by atoms with Gasteiger partial charge in [0.25, 0.3) is 0 Å². The van der Waals surface area contributed by atoms with E-state index in [1.54, 1.807) is 13.8 Å². The molecular weight excluding hydrogens is 1000 g/mol. The minimum Gasteiger partial charge on any atom is -0.466 e. The lowest BCUT2D eigenvalue weighted by molar-refractivity contribution is -0.164. The fourth-order valence-electron chi connectivity index (χ4n) is 12.2. The zero-order valence-electron chi connectivity index (χ0n) is 53.6. The monoisotopic (exact) mass is 1120 g/mol. The molecule has 5 fully saturated rings. The van der Waals surface area contributed by atoms with Crippen LogP contribution in [0.3, 0.4) is 0 Å². The molecule has 0 aliphatic heterocycles. The number of carbonyl (C=O) groups is 6. The van der Waals surface area contributed by atoms with Crippen LogP contribution in [0.25, 0.3) is 0 Å². The van der Waals surface area contributed by atoms with E-state index >= 15 is 0 Å². The fraction of sp³-hybridized carbons (Fsp3) is 0.908. The molecule has 5 rings (SSSR count). The van der Waals surface area contributed by atoms with Crippen molar-refractivity contribution in [3.63, 3.8) is 0 Å². The van der Waals surface area contributed by atoms with Gasteiger partial charge in [-0.3, -0.25) is 24.0 Å². The lowest BCUT2D eigenvalue weighted by Gasteiger charge is -2.40. The number of carbonyl (C=O) groups excluding carboxylic acids is 6. The average molecular weight is 1120 g/mol. The van der Waals surface area contributed by atoms with Crippen molar-refractivity contribution in [2.45, 2.75) is 302 Å². The van der Waals surface area contributed by atoms with Crippen molar-refractivity contribution >= 4 is 35.8 Å². The van der Waals surface area contributed by atoms with E-state index in [0.29, 0.717) is 71.6 Å². The van der Waals surface area contributed by atoms with Gasteiger partial charge in [-0.15, -0.1) is 0 Å². The van der Waals surface area contributed by atoms with Crippen LogP contribution in [0.4, 0.5) is 0 Å². The summed E-state index contributed by atoms with van der Waals surface area (Å²) in [4.78, 5) is 68.2. The molecule has 0 aromatic rings. The standard InChI is InChI=1S/C18H32O3.C17H32O3.2C15H26O4/c1-13(15-7-6-10-17(2,3)11-15)21-18(4,5)12-20-16(19)14-8-9-14;1-7-15(18)19-12-17(5,6)20-13(2)14-9-8-10-16(3,4)11-14;1-5-18-13(16)9-14(17)19-11(2)12-7-6-8-15(3,4)10-12;1-5-13(16)18-10-14(17)19-11(2)12-7-6-8-15(3,4)9-12/h13-15H,6-12H2,1-5H3;13-14H,7-12H2,1-6H3;2*11-12H,5-10H2,1-4H3. The predicted molar refractivity (Wildman–Crippen MR) is 311 cm³/mol. The largest absolute Gasteiger partial charge is 0.466 e. The Morgan fingerprint density at radius 1 is 0.430 bits per heavy atom. The number of ether oxygens (including phenoxy) is 8. The first-order chi connectivity index (χ1) is 36.5. The SMILES string of the molecule is CC(OC(C)(C)COC(=O)C1CC1)C1CCCC(C)(C)C1.CCC(=O)OCC(=O)OC(C)C1CCCC(C)(C)C1.CCC(=O)OCC(C)(C)OC(C)C1CCCC(C)(C)C1.CCOC(=O)CC(=O)OC(C)C1CCCC(C)(C)C1. The molecule has 79 heavy (non-hydrogen) atoms. The Balaban J connectivity index is 0.000000360. The summed E-state index contributed by atoms with van der Waals surface area (Å²) in [5, 5.41) is 0. The molecule has 0 bridgehead atoms. The maximum Gasteiger partial charge on any atom is 0.344 e. The molecule has 0 spiro atoms. The first-order valence-corrected chi connectivity index (χ1v) is 30.9. The average Bonchev–Trinajstić information content (AvgIpc) is 4.20. The molecule has 14 heteroatoms. The van der Waals surface area contributed by atoms with Crippen LogP contribution in [-0.2, 0) is 66.7 Å². The predicted octanol–water partition coefficient (Wildman–Crippen LogP) is 14.9. The van der Waals surface area contributed by atoms with E-state index in [1.807, 2.05) is 48.5 Å². The van der Waals surface area contributed by atoms with Crippen molar-refractivity contribution in [2.24, 2.45) is 51.2 Å². The highest BCUT2D eigenvalue weighted by Crippen LogP contribution is 2.44. The van der Waals surface area contributed by atoms with Gasteiger partial charge in [0.2, 0.25) is 0 Å². The Hall–Kier alpha value is -3.26. The molecule has 0 amide bonds. The van der Waals surface area contributed by atoms with Crippen LogP contribution in [0.2, 0.25) is 0 Å². The van der Waals surface area contributed by atoms with Crippen molar-refractivity contribution in [1.82, 2.24) is 0 Å². The number of hydrogen-bond acceptors (Lipinski definition) is 14. The minimum atomic E-state index is -0.510. The first-order valence-electron chi connectivity index (χ1n) is 30.9. The number of hydrogen-bond donors (Lipinski definition) is 0. The first kappa shape index (κ1) is 71.8. The molecule has 0 heterocycles. The normalized spacial score (nSPS) is 24.6. The van der Waals surface area contributed by atoms with Gasteiger partial charge in [-0.25, -0.2) is 4.79 Å². The van der Waals surface area contributed by atoms with Crippen LogP contribution in [0.15, 0.2) is 0 Å². The summed E-state index contributed by atoms with van der Waals surface area (Å²) in [6, 6.07) is 0. The minimum absolute atomic E-state index is 0.0434. The molecule has 0 saturated heterocycles. The van der Waals surface area contributed by atoms with Gasteiger partial charge < -0.3 is 37.9 Å². The van der Waals surface area contributed by atoms with E-state index < -0.39 is 29.1 Å². The summed E-state index contributed by atoms with van der Waals surface area (Å²) in [7, 11) is 0. The summed E-state index contributed by atoms with van der Waals surface area (Å²) in [6.07, 6.45) is 21.9. The van der Waals surface area contributed by atoms with Gasteiger partial charge in [0, 0.05) is 12.8 Å². The quantitative estimate of drug-likeness (QED) is 0.0568. The molecule has 0 radical (unpaired) electrons. The summed E-state index contributed by atoms with van der Waals surface area (Å²) < 4.78 is 43.3. The summed E-state index contributed by atoms with van der Waals surface area (Å²) in [6.45, 7) is 40.6. The second-order valence-electron chi connectivity index (χ2n) is 28.5. The number of rotatable bonds is 22. The van der Waals surface area contributed by atoms with Crippen molar-refractivity contribution in [2.75, 3.05) is 26.4 Å². The van der Waals surface area contributed by atoms with E-state index in [-0.39, 0.29) is 67.7 Å². The molecule has 5 aliphatic carbocycles. The summed E-state index contributed by atoms with van der Waals surface area (Å²) in [5.74, 6) is 0.194. The molecule has 460 valence electrons. The van der Waals surface area contributed by atoms with Gasteiger partial charge in [-0.1, -0.05) is 94.9 Å². The Bertz CT molecular complexity index is 1860. The lowest BCUT2D eigenvalue weighted by Crippen LogP contribution is -2.40. The summed E-state index contributed by atoms with van der Waals surface area (Å²) >= 11 is 0. The highest BCUT2D eigenvalue weighted by Gasteiger charge is 2.38. The maximum atomic E-state index is 11.6. The Labute approximate surface area is 480 Å². The van der Waals surface area contributed by atoms with Gasteiger partial charge in [0.1, 0.15) is 31.8 Å². The van der Waals surface area contributed by atoms with E-state index in [9.17, 15) is 28.8 Å². The second kappa shape index (κ2) is 33.1. The Kier molecular flexibility index (Phi) is 30.1.